The molecular formula is C22H23N5O4. The molecule has 1 fully saturated rings. The van der Waals surface area contributed by atoms with E-state index >= 15 is 0 Å². The maximum absolute atomic E-state index is 12.0. The van der Waals surface area contributed by atoms with Crippen LogP contribution in [0, 0.1) is 11.8 Å². The van der Waals surface area contributed by atoms with E-state index in [1.54, 1.807) is 23.1 Å². The molecule has 0 saturated carbocycles. The first-order chi connectivity index (χ1) is 14.9. The molecule has 1 atom stereocenters. The SMILES string of the molecule is C=CC(=O)N1CCC(c2nc(N)c(C(N)=O)c(C#Cc3cc(OC)cc(OC)c3)n2)C1. The van der Waals surface area contributed by atoms with Gasteiger partial charge in [-0.15, -0.1) is 0 Å². The Morgan fingerprint density at radius 1 is 1.19 bits per heavy atom. The number of primary amides is 1. The number of benzene rings is 1. The molecule has 1 aliphatic rings. The van der Waals surface area contributed by atoms with Gasteiger partial charge < -0.3 is 25.8 Å². The standard InChI is InChI=1S/C22H23N5O4/c1-4-18(28)27-8-7-14(12-27)22-25-17(19(21(24)29)20(23)26-22)6-5-13-9-15(30-2)11-16(10-13)31-3/h4,9-11,14H,1,7-8,12H2,2-3H3,(H2,24,29)(H2,23,25,26). The first kappa shape index (κ1) is 21.6. The van der Waals surface area contributed by atoms with Crippen molar-refractivity contribution in [3.8, 4) is 23.3 Å². The second-order valence-electron chi connectivity index (χ2n) is 6.88. The Balaban J connectivity index is 2.01. The van der Waals surface area contributed by atoms with Gasteiger partial charge in [-0.05, 0) is 30.6 Å². The largest absolute Gasteiger partial charge is 0.497 e. The molecule has 1 aliphatic heterocycles. The maximum atomic E-state index is 12.0. The molecule has 1 aromatic carbocycles. The van der Waals surface area contributed by atoms with Crippen molar-refractivity contribution < 1.29 is 19.1 Å². The molecule has 0 bridgehead atoms. The van der Waals surface area contributed by atoms with E-state index in [1.807, 2.05) is 0 Å². The van der Waals surface area contributed by atoms with Gasteiger partial charge in [0.05, 0.1) is 14.2 Å². The van der Waals surface area contributed by atoms with Crippen LogP contribution in [0.15, 0.2) is 30.9 Å². The van der Waals surface area contributed by atoms with Crippen LogP contribution in [0.2, 0.25) is 0 Å². The first-order valence-corrected chi connectivity index (χ1v) is 9.49. The molecule has 4 N–H and O–H groups in total. The zero-order valence-electron chi connectivity index (χ0n) is 17.3. The summed E-state index contributed by atoms with van der Waals surface area (Å²) < 4.78 is 10.5. The van der Waals surface area contributed by atoms with Crippen LogP contribution >= 0.6 is 0 Å². The van der Waals surface area contributed by atoms with Gasteiger partial charge in [0.2, 0.25) is 5.91 Å². The summed E-state index contributed by atoms with van der Waals surface area (Å²) in [7, 11) is 3.08. The Hall–Kier alpha value is -4.06. The average molecular weight is 421 g/mol. The molecule has 160 valence electrons. The predicted molar refractivity (Wildman–Crippen MR) is 115 cm³/mol. The highest BCUT2D eigenvalue weighted by Gasteiger charge is 2.29. The van der Waals surface area contributed by atoms with Gasteiger partial charge in [-0.2, -0.15) is 0 Å². The number of nitrogen functional groups attached to an aromatic ring is 1. The molecule has 1 saturated heterocycles. The van der Waals surface area contributed by atoms with Crippen molar-refractivity contribution in [3.63, 3.8) is 0 Å². The topological polar surface area (TPSA) is 134 Å². The fourth-order valence-electron chi connectivity index (χ4n) is 3.32. The summed E-state index contributed by atoms with van der Waals surface area (Å²) in [6.07, 6.45) is 1.93. The maximum Gasteiger partial charge on any atom is 0.255 e. The van der Waals surface area contributed by atoms with Crippen molar-refractivity contribution in [2.75, 3.05) is 33.0 Å². The minimum atomic E-state index is -0.772. The molecule has 0 radical (unpaired) electrons. The monoisotopic (exact) mass is 421 g/mol. The molecule has 0 spiro atoms. The molecular weight excluding hydrogens is 398 g/mol. The van der Waals surface area contributed by atoms with Crippen LogP contribution in [-0.4, -0.2) is 54.0 Å². The molecule has 9 nitrogen and oxygen atoms in total. The van der Waals surface area contributed by atoms with E-state index in [-0.39, 0.29) is 28.9 Å². The van der Waals surface area contributed by atoms with E-state index in [9.17, 15) is 9.59 Å². The summed E-state index contributed by atoms with van der Waals surface area (Å²) in [5.74, 6) is 6.26. The summed E-state index contributed by atoms with van der Waals surface area (Å²) in [5.41, 5.74) is 12.2. The molecule has 3 rings (SSSR count). The third-order valence-corrected chi connectivity index (χ3v) is 4.92. The number of likely N-dealkylation sites (tertiary alicyclic amines) is 1. The first-order valence-electron chi connectivity index (χ1n) is 9.49. The Bertz CT molecular complexity index is 1080. The number of hydrogen-bond donors (Lipinski definition) is 2. The number of amides is 2. The van der Waals surface area contributed by atoms with Crippen LogP contribution in [-0.2, 0) is 4.79 Å². The fourth-order valence-corrected chi connectivity index (χ4v) is 3.32. The van der Waals surface area contributed by atoms with E-state index in [1.165, 1.54) is 20.3 Å². The predicted octanol–water partition coefficient (Wildman–Crippen LogP) is 1.08. The van der Waals surface area contributed by atoms with Gasteiger partial charge >= 0.3 is 0 Å². The number of carbonyl (C=O) groups excluding carboxylic acids is 2. The van der Waals surface area contributed by atoms with Crippen LogP contribution in [0.4, 0.5) is 5.82 Å². The smallest absolute Gasteiger partial charge is 0.255 e. The quantitative estimate of drug-likeness (QED) is 0.545. The highest BCUT2D eigenvalue weighted by molar-refractivity contribution is 5.99. The lowest BCUT2D eigenvalue weighted by molar-refractivity contribution is -0.125. The molecule has 2 heterocycles. The summed E-state index contributed by atoms with van der Waals surface area (Å²) >= 11 is 0. The van der Waals surface area contributed by atoms with Gasteiger partial charge in [-0.25, -0.2) is 9.97 Å². The Morgan fingerprint density at radius 2 is 1.87 bits per heavy atom. The van der Waals surface area contributed by atoms with Crippen molar-refractivity contribution in [1.29, 1.82) is 0 Å². The fraction of sp³-hybridized carbons (Fsp3) is 0.273. The van der Waals surface area contributed by atoms with Crippen LogP contribution in [0.1, 0.15) is 39.8 Å². The highest BCUT2D eigenvalue weighted by atomic mass is 16.5. The van der Waals surface area contributed by atoms with Crippen LogP contribution in [0.25, 0.3) is 0 Å². The number of anilines is 1. The van der Waals surface area contributed by atoms with Crippen molar-refractivity contribution in [2.24, 2.45) is 5.73 Å². The second-order valence-corrected chi connectivity index (χ2v) is 6.88. The van der Waals surface area contributed by atoms with Crippen molar-refractivity contribution in [3.05, 3.63) is 53.5 Å². The zero-order valence-corrected chi connectivity index (χ0v) is 17.3. The van der Waals surface area contributed by atoms with Gasteiger partial charge in [0.1, 0.15) is 34.4 Å². The van der Waals surface area contributed by atoms with Gasteiger partial charge in [-0.1, -0.05) is 12.5 Å². The van der Waals surface area contributed by atoms with Crippen molar-refractivity contribution >= 4 is 17.6 Å². The third-order valence-electron chi connectivity index (χ3n) is 4.92. The number of methoxy groups -OCH3 is 2. The van der Waals surface area contributed by atoms with Gasteiger partial charge in [0.25, 0.3) is 5.91 Å². The van der Waals surface area contributed by atoms with E-state index < -0.39 is 5.91 Å². The molecule has 2 amide bonds. The van der Waals surface area contributed by atoms with Crippen molar-refractivity contribution in [1.82, 2.24) is 14.9 Å². The van der Waals surface area contributed by atoms with Crippen molar-refractivity contribution in [2.45, 2.75) is 12.3 Å². The number of nitrogens with zero attached hydrogens (tertiary/aromatic N) is 3. The highest BCUT2D eigenvalue weighted by Crippen LogP contribution is 2.27. The Kier molecular flexibility index (Phi) is 6.40. The number of carbonyl (C=O) groups is 2. The summed E-state index contributed by atoms with van der Waals surface area (Å²) in [6, 6.07) is 5.17. The van der Waals surface area contributed by atoms with E-state index in [0.29, 0.717) is 42.4 Å². The van der Waals surface area contributed by atoms with Crippen LogP contribution in [0.5, 0.6) is 11.5 Å². The minimum Gasteiger partial charge on any atom is -0.497 e. The lowest BCUT2D eigenvalue weighted by atomic mass is 10.1. The number of hydrogen-bond acceptors (Lipinski definition) is 7. The number of nitrogens with two attached hydrogens (primary N) is 2. The summed E-state index contributed by atoms with van der Waals surface area (Å²) in [5, 5.41) is 0. The van der Waals surface area contributed by atoms with E-state index in [0.717, 1.165) is 0 Å². The molecule has 2 aromatic rings. The van der Waals surface area contributed by atoms with E-state index in [4.69, 9.17) is 20.9 Å². The molecule has 9 heteroatoms. The number of ether oxygens (including phenoxy) is 2. The number of rotatable bonds is 5. The summed E-state index contributed by atoms with van der Waals surface area (Å²) in [4.78, 5) is 34.2. The second kappa shape index (κ2) is 9.17. The number of aromatic nitrogens is 2. The van der Waals surface area contributed by atoms with Gasteiger partial charge in [0, 0.05) is 30.6 Å². The average Bonchev–Trinajstić information content (AvgIpc) is 3.26. The minimum absolute atomic E-state index is 0.0388. The van der Waals surface area contributed by atoms with E-state index in [2.05, 4.69) is 28.4 Å². The molecule has 1 aromatic heterocycles. The van der Waals surface area contributed by atoms with Crippen LogP contribution in [0.3, 0.4) is 0 Å². The molecule has 1 unspecified atom stereocenters. The Labute approximate surface area is 180 Å². The third kappa shape index (κ3) is 4.75. The Morgan fingerprint density at radius 3 is 2.45 bits per heavy atom. The normalized spacial score (nSPS) is 15.0. The summed E-state index contributed by atoms with van der Waals surface area (Å²) in [6.45, 7) is 4.50. The van der Waals surface area contributed by atoms with Gasteiger partial charge in [0.15, 0.2) is 0 Å². The lowest BCUT2D eigenvalue weighted by Gasteiger charge is -2.14. The van der Waals surface area contributed by atoms with Crippen LogP contribution < -0.4 is 20.9 Å². The molecule has 31 heavy (non-hydrogen) atoms. The zero-order chi connectivity index (χ0) is 22.5. The lowest BCUT2D eigenvalue weighted by Crippen LogP contribution is -2.27. The van der Waals surface area contributed by atoms with Gasteiger partial charge in [-0.3, -0.25) is 9.59 Å². The molecule has 0 aliphatic carbocycles.